The van der Waals surface area contributed by atoms with Crippen LogP contribution in [0.3, 0.4) is 0 Å². The summed E-state index contributed by atoms with van der Waals surface area (Å²) in [5.41, 5.74) is 3.25. The summed E-state index contributed by atoms with van der Waals surface area (Å²) in [4.78, 5) is 17.2. The van der Waals surface area contributed by atoms with Crippen molar-refractivity contribution >= 4 is 19.2 Å². The Hall–Kier alpha value is -1.71. The van der Waals surface area contributed by atoms with Crippen molar-refractivity contribution in [2.75, 3.05) is 0 Å². The van der Waals surface area contributed by atoms with Gasteiger partial charge in [-0.15, -0.1) is 0 Å². The number of benzene rings is 1. The third kappa shape index (κ3) is 2.67. The number of carbonyl (C=O) groups excluding carboxylic acids is 1. The second-order valence-electron chi connectivity index (χ2n) is 6.93. The minimum Gasteiger partial charge on any atom is -0.307 e. The maximum atomic E-state index is 13.9. The topological polar surface area (TPSA) is 29.4 Å². The number of allylic oxidation sites excluding steroid dienone is 2. The average Bonchev–Trinajstić information content (AvgIpc) is 2.63. The zero-order valence-electron chi connectivity index (χ0n) is 13.3. The maximum absolute atomic E-state index is 13.9. The number of halogens is 1. The Morgan fingerprint density at radius 2 is 2.14 bits per heavy atom. The molecule has 0 bridgehead atoms. The fourth-order valence-corrected chi connectivity index (χ4v) is 3.51. The Bertz CT molecular complexity index is 690. The van der Waals surface area contributed by atoms with Gasteiger partial charge in [-0.3, -0.25) is 4.99 Å². The van der Waals surface area contributed by atoms with Crippen LogP contribution in [0.15, 0.2) is 34.5 Å². The lowest BCUT2D eigenvalue weighted by Crippen LogP contribution is -2.32. The zero-order valence-corrected chi connectivity index (χ0v) is 13.3. The third-order valence-electron chi connectivity index (χ3n) is 4.59. The number of nitrogens with zero attached hydrogens (tertiary/aromatic N) is 1. The van der Waals surface area contributed by atoms with Crippen LogP contribution >= 0.6 is 0 Å². The lowest BCUT2D eigenvalue weighted by atomic mass is 9.45. The van der Waals surface area contributed by atoms with Crippen LogP contribution < -0.4 is 0 Å². The number of aliphatic imine (C=N–C) groups is 1. The Kier molecular flexibility index (Phi) is 3.79. The zero-order chi connectivity index (χ0) is 15.9. The molecule has 1 radical (unpaired) electrons. The Morgan fingerprint density at radius 1 is 1.36 bits per heavy atom. The van der Waals surface area contributed by atoms with Crippen LogP contribution in [0.4, 0.5) is 4.39 Å². The van der Waals surface area contributed by atoms with E-state index in [0.29, 0.717) is 5.56 Å². The molecular weight excluding hydrogens is 276 g/mol. The van der Waals surface area contributed by atoms with Gasteiger partial charge in [0.25, 0.3) is 0 Å². The molecular formula is C18H20BFNO. The minimum absolute atomic E-state index is 0.0546. The average molecular weight is 296 g/mol. The van der Waals surface area contributed by atoms with E-state index in [9.17, 15) is 9.18 Å². The van der Waals surface area contributed by atoms with E-state index in [2.05, 4.69) is 18.8 Å². The highest BCUT2D eigenvalue weighted by Gasteiger charge is 2.38. The summed E-state index contributed by atoms with van der Waals surface area (Å²) < 4.78 is 13.9. The largest absolute Gasteiger partial charge is 0.307 e. The van der Waals surface area contributed by atoms with Crippen LogP contribution in [-0.2, 0) is 4.79 Å². The maximum Gasteiger partial charge on any atom is 0.215 e. The third-order valence-corrected chi connectivity index (χ3v) is 4.59. The van der Waals surface area contributed by atoms with E-state index in [1.165, 1.54) is 6.07 Å². The van der Waals surface area contributed by atoms with Gasteiger partial charge in [0.1, 0.15) is 11.5 Å². The molecule has 2 nitrogen and oxygen atoms in total. The predicted octanol–water partition coefficient (Wildman–Crippen LogP) is 4.17. The molecule has 0 aromatic heterocycles. The highest BCUT2D eigenvalue weighted by atomic mass is 19.1. The first kappa shape index (κ1) is 15.2. The quantitative estimate of drug-likeness (QED) is 0.715. The fourth-order valence-electron chi connectivity index (χ4n) is 3.51. The van der Waals surface area contributed by atoms with Crippen LogP contribution in [0.25, 0.3) is 0 Å². The van der Waals surface area contributed by atoms with E-state index in [0.717, 1.165) is 36.1 Å². The molecule has 1 aromatic carbocycles. The molecule has 113 valence electrons. The smallest absolute Gasteiger partial charge is 0.215 e. The standard InChI is InChI=1S/C18H20BFNO/c1-11-12(6-4-8-14(11)20)13-7-5-9-21-15-10-18(2,3)19-17(22)16(13)15/h4,6,8-9,13H,5,7,10H2,1-3H3. The fraction of sp³-hybridized carbons (Fsp3) is 0.444. The van der Waals surface area contributed by atoms with Crippen LogP contribution in [0.2, 0.25) is 5.31 Å². The SMILES string of the molecule is Cc1c(F)cccc1C1CCC=NC2=C1C(=O)[B]C(C)(C)C2. The molecule has 0 saturated heterocycles. The van der Waals surface area contributed by atoms with Crippen LogP contribution in [-0.4, -0.2) is 19.2 Å². The van der Waals surface area contributed by atoms with Gasteiger partial charge in [-0.05, 0) is 48.7 Å². The summed E-state index contributed by atoms with van der Waals surface area (Å²) in [6, 6.07) is 5.13. The summed E-state index contributed by atoms with van der Waals surface area (Å²) in [5.74, 6) is -0.273. The lowest BCUT2D eigenvalue weighted by molar-refractivity contribution is -0.109. The Labute approximate surface area is 131 Å². The van der Waals surface area contributed by atoms with Crippen molar-refractivity contribution < 1.29 is 9.18 Å². The predicted molar refractivity (Wildman–Crippen MR) is 88.0 cm³/mol. The van der Waals surface area contributed by atoms with E-state index in [-0.39, 0.29) is 22.7 Å². The van der Waals surface area contributed by atoms with Crippen molar-refractivity contribution in [3.63, 3.8) is 0 Å². The van der Waals surface area contributed by atoms with Crippen LogP contribution in [0.1, 0.15) is 50.2 Å². The molecule has 22 heavy (non-hydrogen) atoms. The summed E-state index contributed by atoms with van der Waals surface area (Å²) in [5, 5.41) is -0.168. The highest BCUT2D eigenvalue weighted by Crippen LogP contribution is 2.45. The van der Waals surface area contributed by atoms with Gasteiger partial charge in [0.15, 0.2) is 0 Å². The molecule has 0 amide bonds. The monoisotopic (exact) mass is 296 g/mol. The van der Waals surface area contributed by atoms with Gasteiger partial charge in [0.2, 0.25) is 7.28 Å². The van der Waals surface area contributed by atoms with Crippen LogP contribution in [0.5, 0.6) is 0 Å². The summed E-state index contributed by atoms with van der Waals surface area (Å²) in [6.07, 6.45) is 4.27. The molecule has 2 aliphatic heterocycles. The molecule has 1 atom stereocenters. The normalized spacial score (nSPS) is 23.8. The van der Waals surface area contributed by atoms with Crippen LogP contribution in [0, 0.1) is 12.7 Å². The molecule has 2 aliphatic rings. The van der Waals surface area contributed by atoms with E-state index in [1.54, 1.807) is 20.3 Å². The number of carbonyl (C=O) groups is 1. The summed E-state index contributed by atoms with van der Waals surface area (Å²) in [7, 11) is 1.80. The molecule has 4 heteroatoms. The van der Waals surface area contributed by atoms with E-state index < -0.39 is 0 Å². The highest BCUT2D eigenvalue weighted by molar-refractivity contribution is 6.80. The van der Waals surface area contributed by atoms with Crippen molar-refractivity contribution in [1.29, 1.82) is 0 Å². The van der Waals surface area contributed by atoms with Gasteiger partial charge < -0.3 is 4.79 Å². The van der Waals surface area contributed by atoms with Crippen molar-refractivity contribution in [3.8, 4) is 0 Å². The first-order chi connectivity index (χ1) is 10.4. The molecule has 0 saturated carbocycles. The lowest BCUT2D eigenvalue weighted by Gasteiger charge is -2.32. The minimum atomic E-state index is -0.211. The van der Waals surface area contributed by atoms with Crippen molar-refractivity contribution in [1.82, 2.24) is 0 Å². The Balaban J connectivity index is 2.12. The summed E-state index contributed by atoms with van der Waals surface area (Å²) >= 11 is 0. The van der Waals surface area contributed by atoms with Gasteiger partial charge >= 0.3 is 0 Å². The van der Waals surface area contributed by atoms with Gasteiger partial charge in [-0.2, -0.15) is 0 Å². The molecule has 3 rings (SSSR count). The molecule has 1 unspecified atom stereocenters. The van der Waals surface area contributed by atoms with E-state index in [4.69, 9.17) is 0 Å². The van der Waals surface area contributed by atoms with E-state index in [1.807, 2.05) is 12.3 Å². The first-order valence-electron chi connectivity index (χ1n) is 7.80. The van der Waals surface area contributed by atoms with Gasteiger partial charge in [0.05, 0.1) is 0 Å². The second-order valence-corrected chi connectivity index (χ2v) is 6.93. The second kappa shape index (κ2) is 5.49. The number of hydrogen-bond donors (Lipinski definition) is 0. The van der Waals surface area contributed by atoms with Gasteiger partial charge in [-0.25, -0.2) is 4.39 Å². The molecule has 0 aliphatic carbocycles. The number of hydrogen-bond acceptors (Lipinski definition) is 2. The van der Waals surface area contributed by atoms with Gasteiger partial charge in [-0.1, -0.05) is 26.0 Å². The first-order valence-corrected chi connectivity index (χ1v) is 7.80. The van der Waals surface area contributed by atoms with Crippen molar-refractivity contribution in [3.05, 3.63) is 46.4 Å². The Morgan fingerprint density at radius 3 is 2.91 bits per heavy atom. The molecule has 0 N–H and O–H groups in total. The van der Waals surface area contributed by atoms with Crippen molar-refractivity contribution in [2.45, 2.75) is 51.3 Å². The molecule has 0 spiro atoms. The molecule has 2 heterocycles. The van der Waals surface area contributed by atoms with E-state index >= 15 is 0 Å². The molecule has 1 aromatic rings. The van der Waals surface area contributed by atoms with Gasteiger partial charge in [0, 0.05) is 23.4 Å². The van der Waals surface area contributed by atoms with Crippen molar-refractivity contribution in [2.24, 2.45) is 4.99 Å². The number of rotatable bonds is 1. The summed E-state index contributed by atoms with van der Waals surface area (Å²) in [6.45, 7) is 5.90. The molecule has 0 fully saturated rings.